The summed E-state index contributed by atoms with van der Waals surface area (Å²) in [6.45, 7) is 2.52. The number of carbonyl (C=O) groups excluding carboxylic acids is 1. The molecule has 3 aromatic rings. The Morgan fingerprint density at radius 1 is 1.03 bits per heavy atom. The van der Waals surface area contributed by atoms with E-state index >= 15 is 0 Å². The highest BCUT2D eigenvalue weighted by Crippen LogP contribution is 2.33. The third kappa shape index (κ3) is 4.24. The molecule has 1 aliphatic rings. The largest absolute Gasteiger partial charge is 0.494 e. The van der Waals surface area contributed by atoms with E-state index in [1.807, 2.05) is 31.2 Å². The second-order valence-electron chi connectivity index (χ2n) is 6.28. The number of ether oxygens (including phenoxy) is 2. The van der Waals surface area contributed by atoms with Crippen molar-refractivity contribution in [3.8, 4) is 17.1 Å². The van der Waals surface area contributed by atoms with Crippen LogP contribution in [0, 0.1) is 0 Å². The Hall–Kier alpha value is -2.95. The molecule has 0 N–H and O–H groups in total. The van der Waals surface area contributed by atoms with Gasteiger partial charge in [-0.15, -0.1) is 0 Å². The molecule has 0 saturated heterocycles. The third-order valence-electron chi connectivity index (χ3n) is 4.30. The van der Waals surface area contributed by atoms with Crippen molar-refractivity contribution in [2.75, 3.05) is 6.61 Å². The number of benzene rings is 2. The minimum atomic E-state index is -0.434. The second-order valence-corrected chi connectivity index (χ2v) is 7.12. The zero-order valence-corrected chi connectivity index (χ0v) is 17.0. The normalized spacial score (nSPS) is 14.8. The maximum Gasteiger partial charge on any atom is 0.343 e. The van der Waals surface area contributed by atoms with E-state index in [4.69, 9.17) is 37.1 Å². The Labute approximate surface area is 178 Å². The number of cyclic esters (lactones) is 1. The van der Waals surface area contributed by atoms with Gasteiger partial charge in [-0.05, 0) is 73.7 Å². The van der Waals surface area contributed by atoms with Crippen LogP contribution in [-0.4, -0.2) is 12.6 Å². The molecule has 29 heavy (non-hydrogen) atoms. The lowest BCUT2D eigenvalue weighted by atomic mass is 10.1. The summed E-state index contributed by atoms with van der Waals surface area (Å²) in [7, 11) is 0. The first-order valence-electron chi connectivity index (χ1n) is 8.97. The van der Waals surface area contributed by atoms with Crippen LogP contribution in [0.1, 0.15) is 18.2 Å². The van der Waals surface area contributed by atoms with Gasteiger partial charge in [-0.3, -0.25) is 0 Å². The van der Waals surface area contributed by atoms with E-state index in [0.717, 1.165) is 16.9 Å². The Bertz CT molecular complexity index is 1120. The van der Waals surface area contributed by atoms with Gasteiger partial charge in [-0.2, -0.15) is 0 Å². The monoisotopic (exact) mass is 426 g/mol. The van der Waals surface area contributed by atoms with Crippen molar-refractivity contribution in [1.82, 2.24) is 0 Å². The summed E-state index contributed by atoms with van der Waals surface area (Å²) in [6.07, 6.45) is 3.33. The molecule has 0 amide bonds. The second kappa shape index (κ2) is 8.19. The van der Waals surface area contributed by atoms with E-state index in [1.54, 1.807) is 42.5 Å². The van der Waals surface area contributed by atoms with Crippen LogP contribution in [0.4, 0.5) is 0 Å². The molecule has 1 aliphatic heterocycles. The first-order valence-corrected chi connectivity index (χ1v) is 9.73. The van der Waals surface area contributed by atoms with Crippen molar-refractivity contribution in [3.05, 3.63) is 87.6 Å². The number of rotatable bonds is 5. The highest BCUT2D eigenvalue weighted by Gasteiger charge is 2.22. The number of halogens is 2. The van der Waals surface area contributed by atoms with Crippen molar-refractivity contribution in [1.29, 1.82) is 0 Å². The van der Waals surface area contributed by atoms with Gasteiger partial charge < -0.3 is 13.9 Å². The van der Waals surface area contributed by atoms with Crippen molar-refractivity contribution < 1.29 is 18.7 Å². The van der Waals surface area contributed by atoms with E-state index in [0.29, 0.717) is 39.5 Å². The maximum absolute atomic E-state index is 12.3. The average Bonchev–Trinajstić information content (AvgIpc) is 3.30. The summed E-state index contributed by atoms with van der Waals surface area (Å²) in [5, 5.41) is 1.04. The molecular weight excluding hydrogens is 411 g/mol. The smallest absolute Gasteiger partial charge is 0.343 e. The molecule has 1 aromatic heterocycles. The molecule has 0 radical (unpaired) electrons. The topological polar surface area (TPSA) is 48.7 Å². The fraction of sp³-hybridized carbons (Fsp3) is 0.0870. The number of hydrogen-bond acceptors (Lipinski definition) is 4. The Kier molecular flexibility index (Phi) is 5.47. The van der Waals surface area contributed by atoms with Gasteiger partial charge in [-0.25, -0.2) is 4.79 Å². The zero-order valence-electron chi connectivity index (χ0n) is 15.4. The van der Waals surface area contributed by atoms with Gasteiger partial charge in [0.1, 0.15) is 23.0 Å². The van der Waals surface area contributed by atoms with Gasteiger partial charge in [0.15, 0.2) is 0 Å². The molecular formula is C23H16Cl2O4. The van der Waals surface area contributed by atoms with Crippen LogP contribution in [-0.2, 0) is 9.53 Å². The summed E-state index contributed by atoms with van der Waals surface area (Å²) in [4.78, 5) is 12.3. The van der Waals surface area contributed by atoms with Crippen molar-refractivity contribution in [2.45, 2.75) is 6.92 Å². The molecule has 0 fully saturated rings. The van der Waals surface area contributed by atoms with Gasteiger partial charge in [0.05, 0.1) is 17.2 Å². The summed E-state index contributed by atoms with van der Waals surface area (Å²) >= 11 is 12.2. The summed E-state index contributed by atoms with van der Waals surface area (Å²) in [6, 6.07) is 16.1. The highest BCUT2D eigenvalue weighted by atomic mass is 35.5. The number of esters is 1. The fourth-order valence-corrected chi connectivity index (χ4v) is 3.43. The highest BCUT2D eigenvalue weighted by molar-refractivity contribution is 6.36. The van der Waals surface area contributed by atoms with Crippen LogP contribution in [0.5, 0.6) is 5.75 Å². The van der Waals surface area contributed by atoms with Gasteiger partial charge in [0.2, 0.25) is 0 Å². The lowest BCUT2D eigenvalue weighted by Crippen LogP contribution is -1.97. The summed E-state index contributed by atoms with van der Waals surface area (Å²) in [5.41, 5.74) is 1.91. The predicted octanol–water partition coefficient (Wildman–Crippen LogP) is 6.63. The first kappa shape index (κ1) is 19.4. The Balaban J connectivity index is 1.58. The third-order valence-corrected chi connectivity index (χ3v) is 4.84. The fourth-order valence-electron chi connectivity index (χ4n) is 2.93. The molecule has 2 heterocycles. The standard InChI is InChI=1S/C23H16Cl2O4/c1-2-27-17-6-3-14(4-7-17)22-12-15(23(26)29-22)11-18-8-10-21(28-18)19-9-5-16(24)13-20(19)25/h3-13H,2H2,1H3/b15-11-. The maximum atomic E-state index is 12.3. The molecule has 146 valence electrons. The van der Waals surface area contributed by atoms with E-state index < -0.39 is 5.97 Å². The average molecular weight is 427 g/mol. The Morgan fingerprint density at radius 3 is 2.55 bits per heavy atom. The SMILES string of the molecule is CCOc1ccc(C2=C/C(=C/c3ccc(-c4ccc(Cl)cc4Cl)o3)C(=O)O2)cc1. The van der Waals surface area contributed by atoms with Crippen LogP contribution in [0.2, 0.25) is 10.0 Å². The molecule has 6 heteroatoms. The lowest BCUT2D eigenvalue weighted by molar-refractivity contribution is -0.130. The molecule has 4 rings (SSSR count). The number of furan rings is 1. The molecule has 4 nitrogen and oxygen atoms in total. The molecule has 0 atom stereocenters. The van der Waals surface area contributed by atoms with E-state index in [9.17, 15) is 4.79 Å². The molecule has 0 aliphatic carbocycles. The van der Waals surface area contributed by atoms with Crippen molar-refractivity contribution in [2.24, 2.45) is 0 Å². The van der Waals surface area contributed by atoms with Crippen LogP contribution in [0.25, 0.3) is 23.2 Å². The summed E-state index contributed by atoms with van der Waals surface area (Å²) < 4.78 is 16.6. The van der Waals surface area contributed by atoms with Gasteiger partial charge in [0.25, 0.3) is 0 Å². The van der Waals surface area contributed by atoms with Crippen LogP contribution >= 0.6 is 23.2 Å². The number of carbonyl (C=O) groups is 1. The lowest BCUT2D eigenvalue weighted by Gasteiger charge is -2.05. The Morgan fingerprint density at radius 2 is 1.83 bits per heavy atom. The number of hydrogen-bond donors (Lipinski definition) is 0. The minimum absolute atomic E-state index is 0.400. The van der Waals surface area contributed by atoms with Gasteiger partial charge in [0, 0.05) is 16.1 Å². The van der Waals surface area contributed by atoms with E-state index in [-0.39, 0.29) is 0 Å². The first-order chi connectivity index (χ1) is 14.0. The summed E-state index contributed by atoms with van der Waals surface area (Å²) in [5.74, 6) is 1.91. The van der Waals surface area contributed by atoms with Crippen molar-refractivity contribution in [3.63, 3.8) is 0 Å². The van der Waals surface area contributed by atoms with Gasteiger partial charge >= 0.3 is 5.97 Å². The van der Waals surface area contributed by atoms with E-state index in [1.165, 1.54) is 0 Å². The van der Waals surface area contributed by atoms with Crippen LogP contribution in [0.15, 0.2) is 70.7 Å². The molecule has 2 aromatic carbocycles. The quantitative estimate of drug-likeness (QED) is 0.339. The van der Waals surface area contributed by atoms with Gasteiger partial charge in [-0.1, -0.05) is 23.2 Å². The predicted molar refractivity (Wildman–Crippen MR) is 114 cm³/mol. The van der Waals surface area contributed by atoms with Crippen LogP contribution < -0.4 is 4.74 Å². The molecule has 0 bridgehead atoms. The van der Waals surface area contributed by atoms with Crippen LogP contribution in [0.3, 0.4) is 0 Å². The van der Waals surface area contributed by atoms with E-state index in [2.05, 4.69) is 0 Å². The van der Waals surface area contributed by atoms with Crippen molar-refractivity contribution >= 4 is 41.0 Å². The molecule has 0 saturated carbocycles. The molecule has 0 unspecified atom stereocenters. The molecule has 0 spiro atoms. The zero-order chi connectivity index (χ0) is 20.4. The minimum Gasteiger partial charge on any atom is -0.494 e.